The molecule has 112 valence electrons. The number of rotatable bonds is 8. The van der Waals surface area contributed by atoms with E-state index in [4.69, 9.17) is 5.11 Å². The predicted octanol–water partition coefficient (Wildman–Crippen LogP) is -0.886. The van der Waals surface area contributed by atoms with Crippen LogP contribution >= 0.6 is 0 Å². The lowest BCUT2D eigenvalue weighted by atomic mass is 10.4. The summed E-state index contributed by atoms with van der Waals surface area (Å²) in [7, 11) is 3.58. The standard InChI is InChI=1S/C11H20N6O3/c1-12-4-3-5-16(2)11(20)13-6-9-7-17(15-14-9)8-10(18)19/h7,12H,3-6,8H2,1-2H3,(H,13,20)(H,18,19). The quantitative estimate of drug-likeness (QED) is 0.534. The zero-order valence-corrected chi connectivity index (χ0v) is 11.7. The Morgan fingerprint density at radius 1 is 1.50 bits per heavy atom. The van der Waals surface area contributed by atoms with E-state index in [1.165, 1.54) is 10.9 Å². The van der Waals surface area contributed by atoms with E-state index in [1.807, 2.05) is 7.05 Å². The maximum absolute atomic E-state index is 11.7. The molecule has 20 heavy (non-hydrogen) atoms. The molecule has 0 saturated heterocycles. The second kappa shape index (κ2) is 8.10. The third-order valence-electron chi connectivity index (χ3n) is 2.57. The first kappa shape index (κ1) is 15.9. The highest BCUT2D eigenvalue weighted by atomic mass is 16.4. The van der Waals surface area contributed by atoms with Gasteiger partial charge < -0.3 is 20.6 Å². The molecule has 1 aromatic rings. The van der Waals surface area contributed by atoms with Gasteiger partial charge in [0.05, 0.1) is 12.7 Å². The first-order chi connectivity index (χ1) is 9.52. The zero-order valence-electron chi connectivity index (χ0n) is 11.7. The summed E-state index contributed by atoms with van der Waals surface area (Å²) < 4.78 is 1.21. The average molecular weight is 284 g/mol. The van der Waals surface area contributed by atoms with Crippen molar-refractivity contribution in [1.29, 1.82) is 0 Å². The Kier molecular flexibility index (Phi) is 6.44. The monoisotopic (exact) mass is 284 g/mol. The molecule has 1 heterocycles. The molecule has 3 N–H and O–H groups in total. The number of aliphatic carboxylic acids is 1. The Hall–Kier alpha value is -2.16. The molecular formula is C11H20N6O3. The van der Waals surface area contributed by atoms with Crippen molar-refractivity contribution < 1.29 is 14.7 Å². The number of urea groups is 1. The number of nitrogens with one attached hydrogen (secondary N) is 2. The number of hydrogen-bond acceptors (Lipinski definition) is 5. The molecule has 0 fully saturated rings. The highest BCUT2D eigenvalue weighted by molar-refractivity contribution is 5.73. The van der Waals surface area contributed by atoms with Gasteiger partial charge in [0.15, 0.2) is 0 Å². The molecule has 2 amide bonds. The Labute approximate surface area is 116 Å². The van der Waals surface area contributed by atoms with Gasteiger partial charge in [-0.05, 0) is 20.0 Å². The molecule has 0 atom stereocenters. The topological polar surface area (TPSA) is 112 Å². The molecule has 1 aromatic heterocycles. The number of carbonyl (C=O) groups excluding carboxylic acids is 1. The number of amides is 2. The molecule has 0 aliphatic carbocycles. The largest absolute Gasteiger partial charge is 0.480 e. The van der Waals surface area contributed by atoms with Gasteiger partial charge in [0, 0.05) is 13.6 Å². The number of carboxylic acids is 1. The van der Waals surface area contributed by atoms with Crippen molar-refractivity contribution in [3.8, 4) is 0 Å². The minimum absolute atomic E-state index is 0.200. The van der Waals surface area contributed by atoms with E-state index in [9.17, 15) is 9.59 Å². The normalized spacial score (nSPS) is 10.3. The minimum Gasteiger partial charge on any atom is -0.480 e. The SMILES string of the molecule is CNCCCN(C)C(=O)NCc1cn(CC(=O)O)nn1. The van der Waals surface area contributed by atoms with Crippen LogP contribution in [0.25, 0.3) is 0 Å². The molecular weight excluding hydrogens is 264 g/mol. The van der Waals surface area contributed by atoms with Gasteiger partial charge in [0.2, 0.25) is 0 Å². The fourth-order valence-corrected chi connectivity index (χ4v) is 1.53. The Balaban J connectivity index is 2.33. The number of carboxylic acid groups (broad SMARTS) is 1. The lowest BCUT2D eigenvalue weighted by Gasteiger charge is -2.17. The highest BCUT2D eigenvalue weighted by Crippen LogP contribution is 1.94. The van der Waals surface area contributed by atoms with Gasteiger partial charge in [-0.25, -0.2) is 9.48 Å². The van der Waals surface area contributed by atoms with Gasteiger partial charge in [-0.2, -0.15) is 0 Å². The summed E-state index contributed by atoms with van der Waals surface area (Å²) in [6.45, 7) is 1.47. The van der Waals surface area contributed by atoms with Crippen LogP contribution in [0.2, 0.25) is 0 Å². The number of aromatic nitrogens is 3. The van der Waals surface area contributed by atoms with Crippen molar-refractivity contribution in [1.82, 2.24) is 30.5 Å². The van der Waals surface area contributed by atoms with Crippen LogP contribution in [-0.4, -0.2) is 64.2 Å². The highest BCUT2D eigenvalue weighted by Gasteiger charge is 2.09. The second-order valence-corrected chi connectivity index (χ2v) is 4.34. The first-order valence-corrected chi connectivity index (χ1v) is 6.27. The summed E-state index contributed by atoms with van der Waals surface area (Å²) >= 11 is 0. The van der Waals surface area contributed by atoms with Crippen LogP contribution in [0.4, 0.5) is 4.79 Å². The second-order valence-electron chi connectivity index (χ2n) is 4.34. The van der Waals surface area contributed by atoms with Crippen molar-refractivity contribution in [2.45, 2.75) is 19.5 Å². The van der Waals surface area contributed by atoms with Crippen LogP contribution in [0.15, 0.2) is 6.20 Å². The number of carbonyl (C=O) groups is 2. The van der Waals surface area contributed by atoms with E-state index in [0.29, 0.717) is 12.2 Å². The van der Waals surface area contributed by atoms with Gasteiger partial charge in [-0.15, -0.1) is 5.10 Å². The molecule has 0 saturated carbocycles. The van der Waals surface area contributed by atoms with Crippen LogP contribution in [-0.2, 0) is 17.9 Å². The summed E-state index contributed by atoms with van der Waals surface area (Å²) in [5, 5.41) is 21.7. The summed E-state index contributed by atoms with van der Waals surface area (Å²) in [4.78, 5) is 23.8. The van der Waals surface area contributed by atoms with Crippen LogP contribution in [0.1, 0.15) is 12.1 Å². The van der Waals surface area contributed by atoms with Crippen LogP contribution < -0.4 is 10.6 Å². The Morgan fingerprint density at radius 2 is 2.25 bits per heavy atom. The van der Waals surface area contributed by atoms with Gasteiger partial charge in [0.25, 0.3) is 0 Å². The van der Waals surface area contributed by atoms with Crippen molar-refractivity contribution >= 4 is 12.0 Å². The van der Waals surface area contributed by atoms with E-state index in [1.54, 1.807) is 11.9 Å². The van der Waals surface area contributed by atoms with Crippen LogP contribution in [0, 0.1) is 0 Å². The summed E-state index contributed by atoms with van der Waals surface area (Å²) in [5.74, 6) is -0.991. The van der Waals surface area contributed by atoms with E-state index in [-0.39, 0.29) is 19.1 Å². The molecule has 9 nitrogen and oxygen atoms in total. The maximum Gasteiger partial charge on any atom is 0.325 e. The third-order valence-corrected chi connectivity index (χ3v) is 2.57. The fraction of sp³-hybridized carbons (Fsp3) is 0.636. The molecule has 0 radical (unpaired) electrons. The minimum atomic E-state index is -0.991. The smallest absolute Gasteiger partial charge is 0.325 e. The first-order valence-electron chi connectivity index (χ1n) is 6.27. The molecule has 0 aliphatic heterocycles. The predicted molar refractivity (Wildman–Crippen MR) is 71.1 cm³/mol. The molecule has 0 bridgehead atoms. The van der Waals surface area contributed by atoms with Gasteiger partial charge >= 0.3 is 12.0 Å². The lowest BCUT2D eigenvalue weighted by molar-refractivity contribution is -0.137. The van der Waals surface area contributed by atoms with E-state index in [2.05, 4.69) is 20.9 Å². The zero-order chi connectivity index (χ0) is 15.0. The Bertz CT molecular complexity index is 447. The molecule has 0 unspecified atom stereocenters. The van der Waals surface area contributed by atoms with E-state index < -0.39 is 5.97 Å². The molecule has 0 spiro atoms. The van der Waals surface area contributed by atoms with E-state index >= 15 is 0 Å². The third kappa shape index (κ3) is 5.65. The van der Waals surface area contributed by atoms with Crippen molar-refractivity contribution in [3.63, 3.8) is 0 Å². The van der Waals surface area contributed by atoms with Crippen LogP contribution in [0.3, 0.4) is 0 Å². The summed E-state index contributed by atoms with van der Waals surface area (Å²) in [5.41, 5.74) is 0.517. The number of hydrogen-bond donors (Lipinski definition) is 3. The summed E-state index contributed by atoms with van der Waals surface area (Å²) in [6, 6.07) is -0.200. The van der Waals surface area contributed by atoms with Crippen molar-refractivity contribution in [2.75, 3.05) is 27.2 Å². The number of nitrogens with zero attached hydrogens (tertiary/aromatic N) is 4. The van der Waals surface area contributed by atoms with Crippen LogP contribution in [0.5, 0.6) is 0 Å². The summed E-state index contributed by atoms with van der Waals surface area (Å²) in [6.07, 6.45) is 2.37. The van der Waals surface area contributed by atoms with Gasteiger partial charge in [-0.1, -0.05) is 5.21 Å². The van der Waals surface area contributed by atoms with Crippen molar-refractivity contribution in [2.24, 2.45) is 0 Å². The molecule has 1 rings (SSSR count). The molecule has 0 aromatic carbocycles. The lowest BCUT2D eigenvalue weighted by Crippen LogP contribution is -2.38. The van der Waals surface area contributed by atoms with Gasteiger partial charge in [-0.3, -0.25) is 4.79 Å². The van der Waals surface area contributed by atoms with Crippen molar-refractivity contribution in [3.05, 3.63) is 11.9 Å². The molecule has 9 heteroatoms. The fourth-order valence-electron chi connectivity index (χ4n) is 1.53. The van der Waals surface area contributed by atoms with E-state index in [0.717, 1.165) is 13.0 Å². The Morgan fingerprint density at radius 3 is 2.90 bits per heavy atom. The van der Waals surface area contributed by atoms with Gasteiger partial charge in [0.1, 0.15) is 12.2 Å². The molecule has 0 aliphatic rings. The average Bonchev–Trinajstić information content (AvgIpc) is 2.82. The maximum atomic E-state index is 11.7.